The van der Waals surface area contributed by atoms with Gasteiger partial charge in [-0.25, -0.2) is 0 Å². The number of nitrogens with two attached hydrogens (primary N) is 1. The molecule has 0 spiro atoms. The number of phenols is 1. The number of likely N-dealkylation sites (tertiary alicyclic amines) is 1. The van der Waals surface area contributed by atoms with Crippen molar-refractivity contribution in [2.24, 2.45) is 23.5 Å². The molecule has 1 aromatic rings. The van der Waals surface area contributed by atoms with Crippen LogP contribution in [-0.2, 0) is 16.0 Å². The van der Waals surface area contributed by atoms with Crippen LogP contribution in [0.3, 0.4) is 0 Å². The lowest BCUT2D eigenvalue weighted by molar-refractivity contribution is -0.127. The molecule has 1 heterocycles. The van der Waals surface area contributed by atoms with Gasteiger partial charge in [-0.1, -0.05) is 0 Å². The van der Waals surface area contributed by atoms with E-state index >= 15 is 0 Å². The Morgan fingerprint density at radius 1 is 1.08 bits per heavy atom. The van der Waals surface area contributed by atoms with E-state index in [0.29, 0.717) is 11.1 Å². The number of carbonyl (C=O) groups is 4. The third-order valence-electron chi connectivity index (χ3n) is 8.32. The fraction of sp³-hybridized carbons (Fsp3) is 0.481. The zero-order valence-corrected chi connectivity index (χ0v) is 20.9. The minimum atomic E-state index is -1.23. The Morgan fingerprint density at radius 3 is 2.38 bits per heavy atom. The van der Waals surface area contributed by atoms with Gasteiger partial charge < -0.3 is 21.1 Å². The first kappa shape index (κ1) is 25.2. The van der Waals surface area contributed by atoms with Crippen LogP contribution in [0.1, 0.15) is 45.5 Å². The molecule has 196 valence electrons. The van der Waals surface area contributed by atoms with Crippen LogP contribution < -0.4 is 5.73 Å². The van der Waals surface area contributed by atoms with Gasteiger partial charge in [0.1, 0.15) is 22.8 Å². The number of aliphatic hydroxyl groups is 2. The van der Waals surface area contributed by atoms with E-state index in [1.54, 1.807) is 25.1 Å². The molecule has 0 radical (unpaired) electrons. The number of aliphatic hydroxyl groups excluding tert-OH is 2. The molecule has 10 heteroatoms. The molecular formula is C27H31N3O7. The van der Waals surface area contributed by atoms with Crippen molar-refractivity contribution in [2.75, 3.05) is 33.7 Å². The number of phenolic OH excluding ortho intramolecular Hbond substituents is 1. The Kier molecular flexibility index (Phi) is 6.19. The van der Waals surface area contributed by atoms with Crippen molar-refractivity contribution in [2.45, 2.75) is 31.7 Å². The summed E-state index contributed by atoms with van der Waals surface area (Å²) in [5.74, 6) is -6.31. The number of primary amides is 1. The van der Waals surface area contributed by atoms with Gasteiger partial charge in [0, 0.05) is 11.1 Å². The summed E-state index contributed by atoms with van der Waals surface area (Å²) in [5, 5.41) is 32.8. The first-order valence-electron chi connectivity index (χ1n) is 12.5. The molecule has 3 aliphatic carbocycles. The number of allylic oxidation sites excluding steroid dienone is 2. The molecule has 5 N–H and O–H groups in total. The normalized spacial score (nSPS) is 27.9. The summed E-state index contributed by atoms with van der Waals surface area (Å²) in [6.07, 6.45) is 2.51. The van der Waals surface area contributed by atoms with Crippen molar-refractivity contribution in [3.63, 3.8) is 0 Å². The molecule has 0 saturated carbocycles. The minimum absolute atomic E-state index is 0.00394. The first-order valence-corrected chi connectivity index (χ1v) is 12.5. The predicted octanol–water partition coefficient (Wildman–Crippen LogP) is 1.28. The molecule has 37 heavy (non-hydrogen) atoms. The topological polar surface area (TPSA) is 161 Å². The molecule has 1 saturated heterocycles. The van der Waals surface area contributed by atoms with E-state index in [2.05, 4.69) is 4.90 Å². The molecular weight excluding hydrogens is 478 g/mol. The van der Waals surface area contributed by atoms with Gasteiger partial charge in [-0.2, -0.15) is 0 Å². The second kappa shape index (κ2) is 9.11. The van der Waals surface area contributed by atoms with Gasteiger partial charge >= 0.3 is 0 Å². The molecule has 1 fully saturated rings. The highest BCUT2D eigenvalue weighted by Gasteiger charge is 2.54. The Bertz CT molecular complexity index is 1290. The van der Waals surface area contributed by atoms with Gasteiger partial charge in [-0.05, 0) is 82.4 Å². The Hall–Kier alpha value is -3.50. The van der Waals surface area contributed by atoms with Gasteiger partial charge in [0.05, 0.1) is 24.1 Å². The van der Waals surface area contributed by atoms with Crippen LogP contribution >= 0.6 is 0 Å². The SMILES string of the molecule is CN(C)[C@@H]1C(O)=C(C(N)=O)C(=O)C2C(O)=C3C(=O)c4c(O)ccc(C(=O)CN5CCCC5)c4CC3CC21. The number of benzene rings is 1. The molecule has 0 aromatic heterocycles. The maximum absolute atomic E-state index is 13.7. The lowest BCUT2D eigenvalue weighted by Gasteiger charge is -2.46. The average Bonchev–Trinajstić information content (AvgIpc) is 3.31. The average molecular weight is 510 g/mol. The largest absolute Gasteiger partial charge is 0.511 e. The van der Waals surface area contributed by atoms with E-state index in [1.165, 1.54) is 6.07 Å². The third kappa shape index (κ3) is 3.86. The molecule has 4 atom stereocenters. The summed E-state index contributed by atoms with van der Waals surface area (Å²) in [7, 11) is 3.36. The fourth-order valence-electron chi connectivity index (χ4n) is 6.76. The number of hydrogen-bond donors (Lipinski definition) is 4. The number of Topliss-reactive ketones (excluding diaryl/α,β-unsaturated/α-hetero) is 3. The fourth-order valence-corrected chi connectivity index (χ4v) is 6.76. The minimum Gasteiger partial charge on any atom is -0.511 e. The number of amides is 1. The summed E-state index contributed by atoms with van der Waals surface area (Å²) >= 11 is 0. The zero-order chi connectivity index (χ0) is 26.8. The van der Waals surface area contributed by atoms with E-state index in [4.69, 9.17) is 5.73 Å². The lowest BCUT2D eigenvalue weighted by Crippen LogP contribution is -2.53. The molecule has 5 rings (SSSR count). The van der Waals surface area contributed by atoms with Crippen LogP contribution in [0.15, 0.2) is 34.8 Å². The highest BCUT2D eigenvalue weighted by molar-refractivity contribution is 6.22. The van der Waals surface area contributed by atoms with E-state index in [0.717, 1.165) is 25.9 Å². The quantitative estimate of drug-likeness (QED) is 0.338. The van der Waals surface area contributed by atoms with Crippen LogP contribution in [0.25, 0.3) is 0 Å². The number of ketones is 3. The van der Waals surface area contributed by atoms with E-state index in [1.807, 2.05) is 0 Å². The first-order chi connectivity index (χ1) is 17.5. The van der Waals surface area contributed by atoms with Crippen LogP contribution in [0.5, 0.6) is 5.75 Å². The summed E-state index contributed by atoms with van der Waals surface area (Å²) in [6, 6.07) is 2.07. The molecule has 0 bridgehead atoms. The van der Waals surface area contributed by atoms with Gasteiger partial charge in [0.25, 0.3) is 5.91 Å². The van der Waals surface area contributed by atoms with E-state index in [-0.39, 0.29) is 42.1 Å². The van der Waals surface area contributed by atoms with Crippen LogP contribution in [0.2, 0.25) is 0 Å². The van der Waals surface area contributed by atoms with E-state index < -0.39 is 58.4 Å². The third-order valence-corrected chi connectivity index (χ3v) is 8.32. The number of likely N-dealkylation sites (N-methyl/N-ethyl adjacent to an activating group) is 1. The molecule has 1 aliphatic heterocycles. The molecule has 4 aliphatic rings. The number of carbonyl (C=O) groups excluding carboxylic acids is 4. The summed E-state index contributed by atoms with van der Waals surface area (Å²) in [5.41, 5.74) is 5.60. The standard InChI is InChI=1S/C27H31N3O7/c1-29(2)22-15-10-12-9-14-13(17(32)11-30-7-3-4-8-30)5-6-16(31)19(14)23(33)18(12)24(34)20(15)25(35)21(26(22)36)27(28)37/h5-6,12,15,20,22,31,34,36H,3-4,7-11H2,1-2H3,(H2,28,37)/t12?,15?,20?,22-/m0/s1. The van der Waals surface area contributed by atoms with Crippen molar-refractivity contribution >= 4 is 23.3 Å². The summed E-state index contributed by atoms with van der Waals surface area (Å²) in [4.78, 5) is 55.9. The molecule has 10 nitrogen and oxygen atoms in total. The maximum Gasteiger partial charge on any atom is 0.255 e. The Labute approximate surface area is 214 Å². The van der Waals surface area contributed by atoms with Crippen molar-refractivity contribution in [3.8, 4) is 5.75 Å². The smallest absolute Gasteiger partial charge is 0.255 e. The van der Waals surface area contributed by atoms with Gasteiger partial charge in [0.15, 0.2) is 17.3 Å². The predicted molar refractivity (Wildman–Crippen MR) is 132 cm³/mol. The highest BCUT2D eigenvalue weighted by atomic mass is 16.3. The molecule has 3 unspecified atom stereocenters. The Balaban J connectivity index is 1.60. The van der Waals surface area contributed by atoms with Crippen molar-refractivity contribution < 1.29 is 34.5 Å². The molecule has 1 amide bonds. The monoisotopic (exact) mass is 509 g/mol. The van der Waals surface area contributed by atoms with Crippen LogP contribution in [0.4, 0.5) is 0 Å². The number of aromatic hydroxyl groups is 1. The second-order valence-electron chi connectivity index (χ2n) is 10.7. The van der Waals surface area contributed by atoms with Crippen molar-refractivity contribution in [1.82, 2.24) is 9.80 Å². The zero-order valence-electron chi connectivity index (χ0n) is 20.9. The van der Waals surface area contributed by atoms with Gasteiger partial charge in [0.2, 0.25) is 0 Å². The van der Waals surface area contributed by atoms with Crippen LogP contribution in [-0.4, -0.2) is 88.1 Å². The van der Waals surface area contributed by atoms with Crippen molar-refractivity contribution in [1.29, 1.82) is 0 Å². The Morgan fingerprint density at radius 2 is 1.76 bits per heavy atom. The van der Waals surface area contributed by atoms with Crippen molar-refractivity contribution in [3.05, 3.63) is 51.5 Å². The molecule has 1 aromatic carbocycles. The van der Waals surface area contributed by atoms with Crippen LogP contribution in [0, 0.1) is 17.8 Å². The van der Waals surface area contributed by atoms with E-state index in [9.17, 15) is 34.5 Å². The maximum atomic E-state index is 13.7. The highest BCUT2D eigenvalue weighted by Crippen LogP contribution is 2.50. The number of hydrogen-bond acceptors (Lipinski definition) is 9. The number of rotatable bonds is 5. The summed E-state index contributed by atoms with van der Waals surface area (Å²) < 4.78 is 0. The lowest BCUT2D eigenvalue weighted by atomic mass is 9.60. The summed E-state index contributed by atoms with van der Waals surface area (Å²) in [6.45, 7) is 1.89. The number of nitrogens with zero attached hydrogens (tertiary/aromatic N) is 2. The van der Waals surface area contributed by atoms with Gasteiger partial charge in [-0.15, -0.1) is 0 Å². The second-order valence-corrected chi connectivity index (χ2v) is 10.7. The van der Waals surface area contributed by atoms with Gasteiger partial charge in [-0.3, -0.25) is 29.0 Å². The number of fused-ring (bicyclic) bond motifs is 3.